The van der Waals surface area contributed by atoms with Crippen LogP contribution in [0.1, 0.15) is 37.4 Å². The lowest BCUT2D eigenvalue weighted by Gasteiger charge is -2.24. The van der Waals surface area contributed by atoms with Gasteiger partial charge < -0.3 is 10.8 Å². The summed E-state index contributed by atoms with van der Waals surface area (Å²) in [5, 5.41) is 9.94. The van der Waals surface area contributed by atoms with Gasteiger partial charge in [-0.25, -0.2) is 4.39 Å². The van der Waals surface area contributed by atoms with Crippen molar-refractivity contribution in [2.75, 3.05) is 0 Å². The molecule has 3 N–H and O–H groups in total. The standard InChI is InChI=1S/C13H20FNO.ClH/c1-4-9(3)13(16)12(15)10-6-5-8(2)7-11(10)14;/h5-7,9,12-13,16H,4,15H2,1-3H3;1H/t9?,12-,13+;/m0./s1. The molecule has 0 radical (unpaired) electrons. The molecule has 0 amide bonds. The van der Waals surface area contributed by atoms with Crippen LogP contribution in [0.15, 0.2) is 18.2 Å². The van der Waals surface area contributed by atoms with Gasteiger partial charge in [-0.2, -0.15) is 0 Å². The Morgan fingerprint density at radius 1 is 1.41 bits per heavy atom. The van der Waals surface area contributed by atoms with Crippen LogP contribution >= 0.6 is 12.4 Å². The lowest BCUT2D eigenvalue weighted by atomic mass is 9.91. The van der Waals surface area contributed by atoms with Crippen molar-refractivity contribution in [1.82, 2.24) is 0 Å². The Bertz CT molecular complexity index is 359. The molecule has 1 unspecified atom stereocenters. The fourth-order valence-electron chi connectivity index (χ4n) is 1.68. The minimum Gasteiger partial charge on any atom is -0.391 e. The summed E-state index contributed by atoms with van der Waals surface area (Å²) in [5.41, 5.74) is 7.12. The molecule has 0 aliphatic carbocycles. The summed E-state index contributed by atoms with van der Waals surface area (Å²) in [6.45, 7) is 5.71. The largest absolute Gasteiger partial charge is 0.391 e. The number of hydrogen-bond acceptors (Lipinski definition) is 2. The molecule has 0 aliphatic heterocycles. The van der Waals surface area contributed by atoms with Crippen molar-refractivity contribution in [3.8, 4) is 0 Å². The van der Waals surface area contributed by atoms with E-state index in [4.69, 9.17) is 5.73 Å². The van der Waals surface area contributed by atoms with Gasteiger partial charge in [-0.1, -0.05) is 32.4 Å². The van der Waals surface area contributed by atoms with E-state index in [0.29, 0.717) is 5.56 Å². The SMILES string of the molecule is CCC(C)[C@@H](O)[C@@H](N)c1ccc(C)cc1F.Cl. The quantitative estimate of drug-likeness (QED) is 0.875. The smallest absolute Gasteiger partial charge is 0.128 e. The maximum absolute atomic E-state index is 13.6. The molecule has 0 fully saturated rings. The molecule has 0 aliphatic rings. The maximum atomic E-state index is 13.6. The highest BCUT2D eigenvalue weighted by Crippen LogP contribution is 2.24. The van der Waals surface area contributed by atoms with Gasteiger partial charge in [0.1, 0.15) is 5.82 Å². The average Bonchev–Trinajstić information content (AvgIpc) is 2.26. The van der Waals surface area contributed by atoms with E-state index in [1.165, 1.54) is 6.07 Å². The Balaban J connectivity index is 0.00000256. The second-order valence-corrected chi connectivity index (χ2v) is 4.43. The molecular weight excluding hydrogens is 241 g/mol. The normalized spacial score (nSPS) is 15.9. The molecule has 0 saturated carbocycles. The highest BCUT2D eigenvalue weighted by molar-refractivity contribution is 5.85. The summed E-state index contributed by atoms with van der Waals surface area (Å²) in [4.78, 5) is 0. The van der Waals surface area contributed by atoms with Crippen molar-refractivity contribution in [3.05, 3.63) is 35.1 Å². The Hall–Kier alpha value is -0.640. The van der Waals surface area contributed by atoms with E-state index >= 15 is 0 Å². The molecule has 0 aromatic heterocycles. The van der Waals surface area contributed by atoms with Crippen LogP contribution in [-0.2, 0) is 0 Å². The van der Waals surface area contributed by atoms with Crippen molar-refractivity contribution in [2.24, 2.45) is 11.7 Å². The second-order valence-electron chi connectivity index (χ2n) is 4.43. The fourth-order valence-corrected chi connectivity index (χ4v) is 1.68. The first-order valence-electron chi connectivity index (χ1n) is 5.67. The van der Waals surface area contributed by atoms with Gasteiger partial charge in [-0.3, -0.25) is 0 Å². The minimum absolute atomic E-state index is 0. The molecule has 98 valence electrons. The maximum Gasteiger partial charge on any atom is 0.128 e. The Morgan fingerprint density at radius 2 is 2.00 bits per heavy atom. The Morgan fingerprint density at radius 3 is 2.47 bits per heavy atom. The summed E-state index contributed by atoms with van der Waals surface area (Å²) in [6, 6.07) is 4.25. The fraction of sp³-hybridized carbons (Fsp3) is 0.538. The van der Waals surface area contributed by atoms with Gasteiger partial charge in [-0.15, -0.1) is 12.4 Å². The van der Waals surface area contributed by atoms with E-state index in [9.17, 15) is 9.50 Å². The zero-order valence-corrected chi connectivity index (χ0v) is 11.3. The highest BCUT2D eigenvalue weighted by atomic mass is 35.5. The molecule has 3 atom stereocenters. The third kappa shape index (κ3) is 3.95. The van der Waals surface area contributed by atoms with Crippen LogP contribution in [0.4, 0.5) is 4.39 Å². The number of aliphatic hydroxyl groups excluding tert-OH is 1. The van der Waals surface area contributed by atoms with E-state index in [0.717, 1.165) is 12.0 Å². The van der Waals surface area contributed by atoms with Gasteiger partial charge in [0.05, 0.1) is 12.1 Å². The molecule has 0 spiro atoms. The van der Waals surface area contributed by atoms with Gasteiger partial charge in [0.25, 0.3) is 0 Å². The molecule has 0 saturated heterocycles. The molecule has 1 aromatic rings. The Labute approximate surface area is 108 Å². The van der Waals surface area contributed by atoms with E-state index in [-0.39, 0.29) is 24.1 Å². The van der Waals surface area contributed by atoms with E-state index in [2.05, 4.69) is 0 Å². The van der Waals surface area contributed by atoms with Crippen molar-refractivity contribution in [1.29, 1.82) is 0 Å². The van der Waals surface area contributed by atoms with Crippen LogP contribution in [0, 0.1) is 18.7 Å². The number of aliphatic hydroxyl groups is 1. The first kappa shape index (κ1) is 16.4. The number of halogens is 2. The van der Waals surface area contributed by atoms with Crippen LogP contribution in [0.3, 0.4) is 0 Å². The van der Waals surface area contributed by atoms with Crippen molar-refractivity contribution >= 4 is 12.4 Å². The lowest BCUT2D eigenvalue weighted by molar-refractivity contribution is 0.0867. The molecule has 2 nitrogen and oxygen atoms in total. The topological polar surface area (TPSA) is 46.2 Å². The number of benzene rings is 1. The third-order valence-corrected chi connectivity index (χ3v) is 3.11. The van der Waals surface area contributed by atoms with Crippen LogP contribution in [0.25, 0.3) is 0 Å². The monoisotopic (exact) mass is 261 g/mol. The van der Waals surface area contributed by atoms with Gasteiger partial charge in [0.15, 0.2) is 0 Å². The van der Waals surface area contributed by atoms with Gasteiger partial charge in [0.2, 0.25) is 0 Å². The van der Waals surface area contributed by atoms with Crippen LogP contribution < -0.4 is 5.73 Å². The van der Waals surface area contributed by atoms with E-state index < -0.39 is 12.1 Å². The van der Waals surface area contributed by atoms with Crippen molar-refractivity contribution in [3.63, 3.8) is 0 Å². The zero-order chi connectivity index (χ0) is 12.3. The molecule has 1 aromatic carbocycles. The van der Waals surface area contributed by atoms with Gasteiger partial charge in [0, 0.05) is 5.56 Å². The number of aryl methyl sites for hydroxylation is 1. The summed E-state index contributed by atoms with van der Waals surface area (Å²) in [7, 11) is 0. The number of nitrogens with two attached hydrogens (primary N) is 1. The van der Waals surface area contributed by atoms with Gasteiger partial charge in [-0.05, 0) is 24.5 Å². The predicted molar refractivity (Wildman–Crippen MR) is 70.8 cm³/mol. The first-order valence-corrected chi connectivity index (χ1v) is 5.67. The molecule has 0 heterocycles. The number of hydrogen-bond donors (Lipinski definition) is 2. The van der Waals surface area contributed by atoms with Crippen molar-refractivity contribution < 1.29 is 9.50 Å². The molecule has 0 bridgehead atoms. The minimum atomic E-state index is -0.706. The molecule has 4 heteroatoms. The second kappa shape index (κ2) is 6.94. The first-order chi connectivity index (χ1) is 7.47. The van der Waals surface area contributed by atoms with Crippen LogP contribution in [-0.4, -0.2) is 11.2 Å². The molecular formula is C13H21ClFNO. The van der Waals surface area contributed by atoms with Crippen LogP contribution in [0.2, 0.25) is 0 Å². The highest BCUT2D eigenvalue weighted by Gasteiger charge is 2.23. The summed E-state index contributed by atoms with van der Waals surface area (Å²) >= 11 is 0. The number of rotatable bonds is 4. The Kier molecular flexibility index (Phi) is 6.68. The molecule has 1 rings (SSSR count). The summed E-state index contributed by atoms with van der Waals surface area (Å²) < 4.78 is 13.6. The summed E-state index contributed by atoms with van der Waals surface area (Å²) in [6.07, 6.45) is 0.115. The third-order valence-electron chi connectivity index (χ3n) is 3.11. The van der Waals surface area contributed by atoms with Crippen LogP contribution in [0.5, 0.6) is 0 Å². The average molecular weight is 262 g/mol. The van der Waals surface area contributed by atoms with E-state index in [1.54, 1.807) is 6.07 Å². The zero-order valence-electron chi connectivity index (χ0n) is 10.5. The van der Waals surface area contributed by atoms with Crippen molar-refractivity contribution in [2.45, 2.75) is 39.3 Å². The van der Waals surface area contributed by atoms with E-state index in [1.807, 2.05) is 26.8 Å². The predicted octanol–water partition coefficient (Wildman–Crippen LogP) is 2.96. The molecule has 17 heavy (non-hydrogen) atoms. The summed E-state index contributed by atoms with van der Waals surface area (Å²) in [5.74, 6) is -0.273. The lowest BCUT2D eigenvalue weighted by Crippen LogP contribution is -2.32. The van der Waals surface area contributed by atoms with Gasteiger partial charge >= 0.3 is 0 Å².